The highest BCUT2D eigenvalue weighted by molar-refractivity contribution is 6.09. The van der Waals surface area contributed by atoms with Crippen molar-refractivity contribution in [2.45, 2.75) is 38.8 Å². The first-order valence-corrected chi connectivity index (χ1v) is 4.93. The first-order valence-electron chi connectivity index (χ1n) is 4.93. The van der Waals surface area contributed by atoms with Gasteiger partial charge in [-0.1, -0.05) is 0 Å². The average molecular weight is 197 g/mol. The topological polar surface area (TPSA) is 57.6 Å². The maximum atomic E-state index is 11.6. The molecule has 78 valence electrons. The number of imide groups is 1. The summed E-state index contributed by atoms with van der Waals surface area (Å²) in [6.07, 6.45) is 0.715. The van der Waals surface area contributed by atoms with Gasteiger partial charge in [-0.15, -0.1) is 0 Å². The van der Waals surface area contributed by atoms with E-state index in [0.717, 1.165) is 0 Å². The molecule has 1 aliphatic heterocycles. The summed E-state index contributed by atoms with van der Waals surface area (Å²) in [4.78, 5) is 24.5. The third kappa shape index (κ3) is 1.17. The van der Waals surface area contributed by atoms with Crippen molar-refractivity contribution >= 4 is 11.8 Å². The van der Waals surface area contributed by atoms with E-state index in [9.17, 15) is 14.7 Å². The Morgan fingerprint density at radius 2 is 1.79 bits per heavy atom. The molecule has 3 unspecified atom stereocenters. The van der Waals surface area contributed by atoms with Gasteiger partial charge in [0.1, 0.15) is 0 Å². The lowest BCUT2D eigenvalue weighted by molar-refractivity contribution is -0.149. The molecule has 1 N–H and O–H groups in total. The van der Waals surface area contributed by atoms with Gasteiger partial charge in [0, 0.05) is 0 Å². The molecule has 2 amide bonds. The summed E-state index contributed by atoms with van der Waals surface area (Å²) in [7, 11) is 0. The SMILES string of the molecule is CC(N1C(=O)C2CC2C1=O)C(C)(C)O. The number of carbonyl (C=O) groups excluding carboxylic acids is 2. The van der Waals surface area contributed by atoms with Gasteiger partial charge in [-0.25, -0.2) is 0 Å². The number of amides is 2. The second-order valence-electron chi connectivity index (χ2n) is 4.82. The molecule has 0 aromatic heterocycles. The molecule has 4 heteroatoms. The summed E-state index contributed by atoms with van der Waals surface area (Å²) in [5, 5.41) is 9.74. The van der Waals surface area contributed by atoms with Crippen LogP contribution in [0.25, 0.3) is 0 Å². The van der Waals surface area contributed by atoms with Gasteiger partial charge in [-0.3, -0.25) is 14.5 Å². The minimum atomic E-state index is -1.03. The molecular formula is C10H15NO3. The number of rotatable bonds is 2. The van der Waals surface area contributed by atoms with Crippen LogP contribution in [-0.4, -0.2) is 33.5 Å². The molecule has 2 rings (SSSR count). The van der Waals surface area contributed by atoms with Gasteiger partial charge in [0.05, 0.1) is 23.5 Å². The van der Waals surface area contributed by atoms with E-state index in [4.69, 9.17) is 0 Å². The van der Waals surface area contributed by atoms with Crippen molar-refractivity contribution in [1.29, 1.82) is 0 Å². The summed E-state index contributed by atoms with van der Waals surface area (Å²) in [6.45, 7) is 4.94. The normalized spacial score (nSPS) is 33.3. The smallest absolute Gasteiger partial charge is 0.233 e. The van der Waals surface area contributed by atoms with Crippen LogP contribution in [0.15, 0.2) is 0 Å². The zero-order valence-electron chi connectivity index (χ0n) is 8.65. The predicted molar refractivity (Wildman–Crippen MR) is 49.2 cm³/mol. The molecule has 2 fully saturated rings. The predicted octanol–water partition coefficient (Wildman–Crippen LogP) is 0.151. The molecule has 1 heterocycles. The molecule has 1 saturated heterocycles. The number of likely N-dealkylation sites (tertiary alicyclic amines) is 1. The number of piperidine rings is 1. The maximum Gasteiger partial charge on any atom is 0.233 e. The Hall–Kier alpha value is -0.900. The van der Waals surface area contributed by atoms with Gasteiger partial charge < -0.3 is 5.11 Å². The van der Waals surface area contributed by atoms with Crippen LogP contribution in [0.1, 0.15) is 27.2 Å². The van der Waals surface area contributed by atoms with Crippen LogP contribution >= 0.6 is 0 Å². The fourth-order valence-corrected chi connectivity index (χ4v) is 1.90. The number of hydrogen-bond donors (Lipinski definition) is 1. The Kier molecular flexibility index (Phi) is 1.77. The zero-order chi connectivity index (χ0) is 10.7. The molecule has 4 nitrogen and oxygen atoms in total. The van der Waals surface area contributed by atoms with E-state index in [1.807, 2.05) is 0 Å². The standard InChI is InChI=1S/C10H15NO3/c1-5(10(2,3)14)11-8(12)6-4-7(6)9(11)13/h5-7,14H,4H2,1-3H3. The first-order chi connectivity index (χ1) is 6.34. The fourth-order valence-electron chi connectivity index (χ4n) is 1.90. The number of nitrogens with zero attached hydrogens (tertiary/aromatic N) is 1. The first kappa shape index (κ1) is 9.65. The Labute approximate surface area is 82.9 Å². The molecule has 1 saturated carbocycles. The number of fused-ring (bicyclic) bond motifs is 1. The Balaban J connectivity index is 2.20. The molecule has 1 aliphatic carbocycles. The molecule has 0 bridgehead atoms. The summed E-state index contributed by atoms with van der Waals surface area (Å²) in [6, 6.07) is -0.435. The summed E-state index contributed by atoms with van der Waals surface area (Å²) in [5.74, 6) is -0.358. The molecular weight excluding hydrogens is 182 g/mol. The lowest BCUT2D eigenvalue weighted by atomic mass is 9.99. The van der Waals surface area contributed by atoms with E-state index < -0.39 is 11.6 Å². The second-order valence-corrected chi connectivity index (χ2v) is 4.82. The Morgan fingerprint density at radius 3 is 2.14 bits per heavy atom. The van der Waals surface area contributed by atoms with Gasteiger partial charge in [-0.05, 0) is 27.2 Å². The molecule has 3 atom stereocenters. The van der Waals surface area contributed by atoms with Gasteiger partial charge >= 0.3 is 0 Å². The Morgan fingerprint density at radius 1 is 1.36 bits per heavy atom. The van der Waals surface area contributed by atoms with Crippen LogP contribution in [0.3, 0.4) is 0 Å². The van der Waals surface area contributed by atoms with Crippen LogP contribution in [0.5, 0.6) is 0 Å². The van der Waals surface area contributed by atoms with Crippen molar-refractivity contribution in [2.24, 2.45) is 11.8 Å². The van der Waals surface area contributed by atoms with E-state index in [1.165, 1.54) is 4.90 Å². The second kappa shape index (κ2) is 2.57. The van der Waals surface area contributed by atoms with Crippen LogP contribution in [0.2, 0.25) is 0 Å². The van der Waals surface area contributed by atoms with Gasteiger partial charge in [0.2, 0.25) is 11.8 Å². The number of carbonyl (C=O) groups is 2. The quantitative estimate of drug-likeness (QED) is 0.641. The van der Waals surface area contributed by atoms with E-state index in [0.29, 0.717) is 6.42 Å². The summed E-state index contributed by atoms with van der Waals surface area (Å²) >= 11 is 0. The van der Waals surface area contributed by atoms with E-state index in [1.54, 1.807) is 20.8 Å². The van der Waals surface area contributed by atoms with E-state index in [-0.39, 0.29) is 23.7 Å². The fraction of sp³-hybridized carbons (Fsp3) is 0.800. The largest absolute Gasteiger partial charge is 0.388 e. The summed E-state index contributed by atoms with van der Waals surface area (Å²) < 4.78 is 0. The minimum absolute atomic E-state index is 0.0766. The number of hydrogen-bond acceptors (Lipinski definition) is 3. The highest BCUT2D eigenvalue weighted by Gasteiger charge is 2.60. The minimum Gasteiger partial charge on any atom is -0.388 e. The third-order valence-corrected chi connectivity index (χ3v) is 3.31. The van der Waals surface area contributed by atoms with Crippen molar-refractivity contribution in [1.82, 2.24) is 4.90 Å². The highest BCUT2D eigenvalue weighted by Crippen LogP contribution is 2.48. The van der Waals surface area contributed by atoms with E-state index in [2.05, 4.69) is 0 Å². The molecule has 2 aliphatic rings. The van der Waals surface area contributed by atoms with Crippen LogP contribution in [0, 0.1) is 11.8 Å². The van der Waals surface area contributed by atoms with Crippen LogP contribution in [-0.2, 0) is 9.59 Å². The third-order valence-electron chi connectivity index (χ3n) is 3.31. The monoisotopic (exact) mass is 197 g/mol. The van der Waals surface area contributed by atoms with Gasteiger partial charge in [0.15, 0.2) is 0 Å². The molecule has 14 heavy (non-hydrogen) atoms. The van der Waals surface area contributed by atoms with Crippen LogP contribution in [0.4, 0.5) is 0 Å². The van der Waals surface area contributed by atoms with Crippen molar-refractivity contribution in [3.05, 3.63) is 0 Å². The van der Waals surface area contributed by atoms with E-state index >= 15 is 0 Å². The maximum absolute atomic E-state index is 11.6. The summed E-state index contributed by atoms with van der Waals surface area (Å²) in [5.41, 5.74) is -1.03. The highest BCUT2D eigenvalue weighted by atomic mass is 16.3. The lowest BCUT2D eigenvalue weighted by Crippen LogP contribution is -2.51. The van der Waals surface area contributed by atoms with Crippen molar-refractivity contribution in [2.75, 3.05) is 0 Å². The number of aliphatic hydroxyl groups is 1. The zero-order valence-corrected chi connectivity index (χ0v) is 8.65. The van der Waals surface area contributed by atoms with Gasteiger partial charge in [0.25, 0.3) is 0 Å². The van der Waals surface area contributed by atoms with Crippen LogP contribution < -0.4 is 0 Å². The molecule has 0 aromatic rings. The van der Waals surface area contributed by atoms with Crippen molar-refractivity contribution < 1.29 is 14.7 Å². The van der Waals surface area contributed by atoms with Gasteiger partial charge in [-0.2, -0.15) is 0 Å². The molecule has 0 aromatic carbocycles. The Bertz CT molecular complexity index is 285. The molecule has 0 spiro atoms. The van der Waals surface area contributed by atoms with Crippen molar-refractivity contribution in [3.8, 4) is 0 Å². The lowest BCUT2D eigenvalue weighted by Gasteiger charge is -2.33. The average Bonchev–Trinajstić information content (AvgIpc) is 2.76. The van der Waals surface area contributed by atoms with Crippen molar-refractivity contribution in [3.63, 3.8) is 0 Å². The molecule has 0 radical (unpaired) electrons.